The van der Waals surface area contributed by atoms with E-state index >= 15 is 0 Å². The van der Waals surface area contributed by atoms with Crippen molar-refractivity contribution in [1.82, 2.24) is 4.90 Å². The van der Waals surface area contributed by atoms with Crippen molar-refractivity contribution in [1.29, 1.82) is 0 Å². The van der Waals surface area contributed by atoms with E-state index in [1.54, 1.807) is 0 Å². The molecule has 17 heavy (non-hydrogen) atoms. The van der Waals surface area contributed by atoms with Gasteiger partial charge in [0.1, 0.15) is 0 Å². The highest BCUT2D eigenvalue weighted by atomic mass is 16.1. The van der Waals surface area contributed by atoms with Crippen LogP contribution in [-0.2, 0) is 4.79 Å². The monoisotopic (exact) mass is 228 g/mol. The number of likely N-dealkylation sites (N-methyl/N-ethyl adjacent to an activating group) is 1. The third kappa shape index (κ3) is 2.23. The van der Waals surface area contributed by atoms with Gasteiger partial charge in [0.25, 0.3) is 5.91 Å². The number of aryl methyl sites for hydroxylation is 1. The fourth-order valence-electron chi connectivity index (χ4n) is 1.79. The van der Waals surface area contributed by atoms with Crippen LogP contribution >= 0.6 is 0 Å². The molecule has 1 aliphatic rings. The Labute approximate surface area is 101 Å². The van der Waals surface area contributed by atoms with Crippen molar-refractivity contribution in [3.05, 3.63) is 53.8 Å². The number of para-hydroxylation sites is 1. The summed E-state index contributed by atoms with van der Waals surface area (Å²) < 4.78 is 0. The first-order valence-electron chi connectivity index (χ1n) is 5.57. The fourth-order valence-corrected chi connectivity index (χ4v) is 1.79. The molecule has 0 bridgehead atoms. The zero-order valence-electron chi connectivity index (χ0n) is 10.2. The Balaban J connectivity index is 2.14. The van der Waals surface area contributed by atoms with E-state index in [4.69, 9.17) is 0 Å². The molecule has 1 aliphatic heterocycles. The van der Waals surface area contributed by atoms with Gasteiger partial charge in [-0.15, -0.1) is 0 Å². The number of rotatable bonds is 2. The molecule has 0 radical (unpaired) electrons. The van der Waals surface area contributed by atoms with Crippen LogP contribution in [0.2, 0.25) is 0 Å². The molecule has 1 heterocycles. The predicted molar refractivity (Wildman–Crippen MR) is 69.7 cm³/mol. The Hall–Kier alpha value is -2.03. The van der Waals surface area contributed by atoms with Crippen LogP contribution < -0.4 is 5.32 Å². The largest absolute Gasteiger partial charge is 0.371 e. The molecule has 3 nitrogen and oxygen atoms in total. The number of hydrogen-bond donors (Lipinski definition) is 1. The Morgan fingerprint density at radius 2 is 2.12 bits per heavy atom. The molecule has 0 spiro atoms. The van der Waals surface area contributed by atoms with Crippen LogP contribution in [0.4, 0.5) is 5.69 Å². The second-order valence-corrected chi connectivity index (χ2v) is 4.21. The van der Waals surface area contributed by atoms with Crippen LogP contribution in [0.3, 0.4) is 0 Å². The topological polar surface area (TPSA) is 32.3 Å². The van der Waals surface area contributed by atoms with Gasteiger partial charge >= 0.3 is 0 Å². The zero-order chi connectivity index (χ0) is 12.4. The molecular formula is C14H16N2O. The van der Waals surface area contributed by atoms with Gasteiger partial charge in [-0.25, -0.2) is 0 Å². The number of hydrogen-bond acceptors (Lipinski definition) is 2. The summed E-state index contributed by atoms with van der Waals surface area (Å²) in [5.74, 6) is -0.0892. The molecule has 0 atom stereocenters. The molecule has 0 aliphatic carbocycles. The molecule has 88 valence electrons. The SMILES string of the molecule is C=C1C(C(=O)Nc2ccccc2C)=CCN1C. The lowest BCUT2D eigenvalue weighted by molar-refractivity contribution is -0.112. The molecule has 1 N–H and O–H groups in total. The Bertz CT molecular complexity index is 503. The predicted octanol–water partition coefficient (Wildman–Crippen LogP) is 2.32. The van der Waals surface area contributed by atoms with E-state index in [1.165, 1.54) is 0 Å². The van der Waals surface area contributed by atoms with Crippen LogP contribution in [0.25, 0.3) is 0 Å². The van der Waals surface area contributed by atoms with Crippen molar-refractivity contribution in [3.63, 3.8) is 0 Å². The normalized spacial score (nSPS) is 14.8. The average molecular weight is 228 g/mol. The molecule has 1 aromatic carbocycles. The van der Waals surface area contributed by atoms with E-state index in [0.717, 1.165) is 23.5 Å². The van der Waals surface area contributed by atoms with E-state index in [-0.39, 0.29) is 5.91 Å². The number of amides is 1. The smallest absolute Gasteiger partial charge is 0.257 e. The Morgan fingerprint density at radius 1 is 1.41 bits per heavy atom. The summed E-state index contributed by atoms with van der Waals surface area (Å²) in [6.45, 7) is 6.62. The maximum absolute atomic E-state index is 12.1. The van der Waals surface area contributed by atoms with Crippen molar-refractivity contribution < 1.29 is 4.79 Å². The maximum Gasteiger partial charge on any atom is 0.257 e. The van der Waals surface area contributed by atoms with Crippen molar-refractivity contribution in [2.24, 2.45) is 0 Å². The first kappa shape index (κ1) is 11.5. The van der Waals surface area contributed by atoms with E-state index in [1.807, 2.05) is 49.2 Å². The highest BCUT2D eigenvalue weighted by molar-refractivity contribution is 6.07. The van der Waals surface area contributed by atoms with Gasteiger partial charge in [-0.1, -0.05) is 30.9 Å². The first-order chi connectivity index (χ1) is 8.09. The van der Waals surface area contributed by atoms with Gasteiger partial charge < -0.3 is 10.2 Å². The van der Waals surface area contributed by atoms with Gasteiger partial charge in [0.2, 0.25) is 0 Å². The summed E-state index contributed by atoms with van der Waals surface area (Å²) in [7, 11) is 1.92. The van der Waals surface area contributed by atoms with Crippen LogP contribution in [0.15, 0.2) is 48.2 Å². The summed E-state index contributed by atoms with van der Waals surface area (Å²) in [5, 5.41) is 2.91. The lowest BCUT2D eigenvalue weighted by Gasteiger charge is -2.14. The zero-order valence-corrected chi connectivity index (χ0v) is 10.2. The van der Waals surface area contributed by atoms with Gasteiger partial charge in [0.05, 0.1) is 5.57 Å². The van der Waals surface area contributed by atoms with E-state index in [2.05, 4.69) is 11.9 Å². The fraction of sp³-hybridized carbons (Fsp3) is 0.214. The van der Waals surface area contributed by atoms with Gasteiger partial charge in [0.15, 0.2) is 0 Å². The van der Waals surface area contributed by atoms with Gasteiger partial charge in [-0.05, 0) is 18.6 Å². The number of nitrogens with zero attached hydrogens (tertiary/aromatic N) is 1. The third-order valence-corrected chi connectivity index (χ3v) is 2.98. The Kier molecular flexibility index (Phi) is 3.00. The molecule has 0 fully saturated rings. The molecular weight excluding hydrogens is 212 g/mol. The van der Waals surface area contributed by atoms with Crippen molar-refractivity contribution >= 4 is 11.6 Å². The van der Waals surface area contributed by atoms with Crippen molar-refractivity contribution in [3.8, 4) is 0 Å². The molecule has 3 heteroatoms. The highest BCUT2D eigenvalue weighted by Gasteiger charge is 2.21. The maximum atomic E-state index is 12.1. The van der Waals surface area contributed by atoms with Gasteiger partial charge in [0, 0.05) is 25.0 Å². The summed E-state index contributed by atoms with van der Waals surface area (Å²) in [6, 6.07) is 7.73. The van der Waals surface area contributed by atoms with E-state index in [9.17, 15) is 4.79 Å². The summed E-state index contributed by atoms with van der Waals surface area (Å²) in [5.41, 5.74) is 3.34. The Morgan fingerprint density at radius 3 is 2.71 bits per heavy atom. The minimum Gasteiger partial charge on any atom is -0.371 e. The van der Waals surface area contributed by atoms with E-state index < -0.39 is 0 Å². The molecule has 1 amide bonds. The van der Waals surface area contributed by atoms with Crippen molar-refractivity contribution in [2.45, 2.75) is 6.92 Å². The second kappa shape index (κ2) is 4.45. The number of benzene rings is 1. The summed E-state index contributed by atoms with van der Waals surface area (Å²) in [4.78, 5) is 14.0. The number of nitrogens with one attached hydrogen (secondary N) is 1. The van der Waals surface area contributed by atoms with Crippen LogP contribution in [-0.4, -0.2) is 24.4 Å². The quantitative estimate of drug-likeness (QED) is 0.842. The minimum atomic E-state index is -0.0892. The lowest BCUT2D eigenvalue weighted by Crippen LogP contribution is -2.18. The minimum absolute atomic E-state index is 0.0892. The number of anilines is 1. The standard InChI is InChI=1S/C14H16N2O/c1-10-6-4-5-7-13(10)15-14(17)12-8-9-16(3)11(12)2/h4-8H,2,9H2,1,3H3,(H,15,17). The number of carbonyl (C=O) groups excluding carboxylic acids is 1. The average Bonchev–Trinajstić information content (AvgIpc) is 2.63. The third-order valence-electron chi connectivity index (χ3n) is 2.98. The van der Waals surface area contributed by atoms with Crippen LogP contribution in [0, 0.1) is 6.92 Å². The highest BCUT2D eigenvalue weighted by Crippen LogP contribution is 2.21. The lowest BCUT2D eigenvalue weighted by atomic mass is 10.1. The molecule has 0 aromatic heterocycles. The molecule has 0 unspecified atom stereocenters. The van der Waals surface area contributed by atoms with Crippen LogP contribution in [0.5, 0.6) is 0 Å². The molecule has 0 saturated heterocycles. The second-order valence-electron chi connectivity index (χ2n) is 4.21. The number of carbonyl (C=O) groups is 1. The van der Waals surface area contributed by atoms with E-state index in [0.29, 0.717) is 5.57 Å². The molecule has 2 rings (SSSR count). The van der Waals surface area contributed by atoms with Gasteiger partial charge in [-0.3, -0.25) is 4.79 Å². The van der Waals surface area contributed by atoms with Crippen LogP contribution in [0.1, 0.15) is 5.56 Å². The molecule has 0 saturated carbocycles. The summed E-state index contributed by atoms with van der Waals surface area (Å²) >= 11 is 0. The molecule has 1 aromatic rings. The van der Waals surface area contributed by atoms with Gasteiger partial charge in [-0.2, -0.15) is 0 Å². The first-order valence-corrected chi connectivity index (χ1v) is 5.57. The van der Waals surface area contributed by atoms with Crippen molar-refractivity contribution in [2.75, 3.05) is 18.9 Å². The summed E-state index contributed by atoms with van der Waals surface area (Å²) in [6.07, 6.45) is 1.90.